The second-order valence-electron chi connectivity index (χ2n) is 7.58. The SMILES string of the molecule is CC[C@H](C)[C@H](NC(=O)COc1ccc2c(=O)c(-c3ccc(Cl)cc3)c(C)oc2c1)C(=O)O. The molecule has 1 heterocycles. The molecular formula is C24H24ClNO6. The van der Waals surface area contributed by atoms with E-state index in [9.17, 15) is 19.5 Å². The summed E-state index contributed by atoms with van der Waals surface area (Å²) in [5, 5.41) is 12.7. The fourth-order valence-electron chi connectivity index (χ4n) is 3.37. The Labute approximate surface area is 190 Å². The summed E-state index contributed by atoms with van der Waals surface area (Å²) in [5.74, 6) is -1.09. The molecule has 7 nitrogen and oxygen atoms in total. The van der Waals surface area contributed by atoms with Gasteiger partial charge in [-0.15, -0.1) is 0 Å². The van der Waals surface area contributed by atoms with Crippen molar-refractivity contribution < 1.29 is 23.8 Å². The highest BCUT2D eigenvalue weighted by atomic mass is 35.5. The van der Waals surface area contributed by atoms with Gasteiger partial charge in [-0.3, -0.25) is 9.59 Å². The molecule has 2 atom stereocenters. The Balaban J connectivity index is 1.79. The molecule has 0 radical (unpaired) electrons. The molecule has 0 aliphatic rings. The van der Waals surface area contributed by atoms with Crippen molar-refractivity contribution in [2.45, 2.75) is 33.2 Å². The van der Waals surface area contributed by atoms with E-state index in [1.807, 2.05) is 6.92 Å². The third kappa shape index (κ3) is 5.11. The van der Waals surface area contributed by atoms with Crippen molar-refractivity contribution >= 4 is 34.4 Å². The number of ether oxygens (including phenoxy) is 1. The quantitative estimate of drug-likeness (QED) is 0.518. The van der Waals surface area contributed by atoms with E-state index in [0.717, 1.165) is 0 Å². The summed E-state index contributed by atoms with van der Waals surface area (Å²) in [6.45, 7) is 4.95. The van der Waals surface area contributed by atoms with Crippen molar-refractivity contribution in [2.24, 2.45) is 5.92 Å². The van der Waals surface area contributed by atoms with E-state index in [4.69, 9.17) is 20.8 Å². The number of rotatable bonds is 8. The number of hydrogen-bond donors (Lipinski definition) is 2. The normalized spacial score (nSPS) is 12.9. The van der Waals surface area contributed by atoms with Gasteiger partial charge >= 0.3 is 5.97 Å². The van der Waals surface area contributed by atoms with Gasteiger partial charge in [0.15, 0.2) is 6.61 Å². The third-order valence-corrected chi connectivity index (χ3v) is 5.59. The number of halogens is 1. The maximum absolute atomic E-state index is 13.0. The van der Waals surface area contributed by atoms with Gasteiger partial charge in [-0.2, -0.15) is 0 Å². The lowest BCUT2D eigenvalue weighted by atomic mass is 9.99. The lowest BCUT2D eigenvalue weighted by molar-refractivity contribution is -0.143. The minimum atomic E-state index is -1.09. The van der Waals surface area contributed by atoms with Crippen LogP contribution in [0.2, 0.25) is 5.02 Å². The van der Waals surface area contributed by atoms with Crippen LogP contribution in [0.4, 0.5) is 0 Å². The van der Waals surface area contributed by atoms with Gasteiger partial charge in [-0.1, -0.05) is 44.0 Å². The van der Waals surface area contributed by atoms with Gasteiger partial charge < -0.3 is 19.6 Å². The number of benzene rings is 2. The molecule has 8 heteroatoms. The van der Waals surface area contributed by atoms with Gasteiger partial charge in [-0.25, -0.2) is 4.79 Å². The Morgan fingerprint density at radius 2 is 1.88 bits per heavy atom. The molecule has 2 aromatic carbocycles. The number of fused-ring (bicyclic) bond motifs is 1. The van der Waals surface area contributed by atoms with Gasteiger partial charge in [0.25, 0.3) is 5.91 Å². The molecule has 0 bridgehead atoms. The number of carbonyl (C=O) groups is 2. The van der Waals surface area contributed by atoms with Gasteiger partial charge in [0.2, 0.25) is 5.43 Å². The molecule has 0 aliphatic carbocycles. The Morgan fingerprint density at radius 1 is 1.19 bits per heavy atom. The topological polar surface area (TPSA) is 106 Å². The molecule has 0 fully saturated rings. The fourth-order valence-corrected chi connectivity index (χ4v) is 3.50. The first-order valence-electron chi connectivity index (χ1n) is 10.2. The van der Waals surface area contributed by atoms with Crippen LogP contribution in [-0.4, -0.2) is 29.6 Å². The number of hydrogen-bond acceptors (Lipinski definition) is 5. The Hall–Kier alpha value is -3.32. The molecule has 2 N–H and O–H groups in total. The van der Waals surface area contributed by atoms with E-state index in [1.165, 1.54) is 6.07 Å². The van der Waals surface area contributed by atoms with Gasteiger partial charge in [0, 0.05) is 11.1 Å². The second-order valence-corrected chi connectivity index (χ2v) is 8.02. The summed E-state index contributed by atoms with van der Waals surface area (Å²) in [4.78, 5) is 36.6. The highest BCUT2D eigenvalue weighted by Gasteiger charge is 2.25. The maximum Gasteiger partial charge on any atom is 0.326 e. The Bertz CT molecular complexity index is 1200. The van der Waals surface area contributed by atoms with E-state index in [0.29, 0.717) is 45.0 Å². The zero-order valence-electron chi connectivity index (χ0n) is 18.0. The summed E-state index contributed by atoms with van der Waals surface area (Å²) in [6, 6.07) is 10.6. The lowest BCUT2D eigenvalue weighted by Crippen LogP contribution is -2.46. The number of aliphatic carboxylic acids is 1. The molecule has 0 spiro atoms. The van der Waals surface area contributed by atoms with Crippen LogP contribution in [0.25, 0.3) is 22.1 Å². The summed E-state index contributed by atoms with van der Waals surface area (Å²) < 4.78 is 11.4. The summed E-state index contributed by atoms with van der Waals surface area (Å²) in [7, 11) is 0. The fraction of sp³-hybridized carbons (Fsp3) is 0.292. The zero-order chi connectivity index (χ0) is 23.4. The summed E-state index contributed by atoms with van der Waals surface area (Å²) in [6.07, 6.45) is 0.610. The second kappa shape index (κ2) is 9.87. The molecule has 0 aliphatic heterocycles. The third-order valence-electron chi connectivity index (χ3n) is 5.34. The standard InChI is InChI=1S/C24H24ClNO6/c1-4-13(2)22(24(29)30)26-20(27)12-31-17-9-10-18-19(11-17)32-14(3)21(23(18)28)15-5-7-16(25)8-6-15/h5-11,13,22H,4,12H2,1-3H3,(H,26,27)(H,29,30)/t13-,22-/m0/s1. The van der Waals surface area contributed by atoms with Crippen LogP contribution in [0.15, 0.2) is 51.7 Å². The maximum atomic E-state index is 13.0. The number of nitrogens with one attached hydrogen (secondary N) is 1. The minimum Gasteiger partial charge on any atom is -0.484 e. The molecule has 1 amide bonds. The van der Waals surface area contributed by atoms with E-state index >= 15 is 0 Å². The van der Waals surface area contributed by atoms with Crippen LogP contribution >= 0.6 is 11.6 Å². The average molecular weight is 458 g/mol. The highest BCUT2D eigenvalue weighted by molar-refractivity contribution is 6.30. The molecule has 1 aromatic heterocycles. The van der Waals surface area contributed by atoms with Crippen LogP contribution in [0.5, 0.6) is 5.75 Å². The number of carboxylic acids is 1. The number of amides is 1. The first-order chi connectivity index (χ1) is 15.2. The van der Waals surface area contributed by atoms with Gasteiger partial charge in [0.1, 0.15) is 23.1 Å². The summed E-state index contributed by atoms with van der Waals surface area (Å²) in [5.41, 5.74) is 1.29. The van der Waals surface area contributed by atoms with Crippen molar-refractivity contribution in [3.63, 3.8) is 0 Å². The molecular weight excluding hydrogens is 434 g/mol. The molecule has 0 saturated carbocycles. The van der Waals surface area contributed by atoms with E-state index in [1.54, 1.807) is 50.2 Å². The van der Waals surface area contributed by atoms with Gasteiger partial charge in [-0.05, 0) is 42.7 Å². The first-order valence-corrected chi connectivity index (χ1v) is 10.6. The molecule has 32 heavy (non-hydrogen) atoms. The van der Waals surface area contributed by atoms with Crippen molar-refractivity contribution in [3.8, 4) is 16.9 Å². The smallest absolute Gasteiger partial charge is 0.326 e. The highest BCUT2D eigenvalue weighted by Crippen LogP contribution is 2.27. The monoisotopic (exact) mass is 457 g/mol. The predicted molar refractivity (Wildman–Crippen MR) is 122 cm³/mol. The van der Waals surface area contributed by atoms with Crippen LogP contribution in [0.3, 0.4) is 0 Å². The zero-order valence-corrected chi connectivity index (χ0v) is 18.7. The minimum absolute atomic E-state index is 0.187. The van der Waals surface area contributed by atoms with Crippen LogP contribution in [0, 0.1) is 12.8 Å². The molecule has 3 aromatic rings. The molecule has 0 saturated heterocycles. The van der Waals surface area contributed by atoms with Gasteiger partial charge in [0.05, 0.1) is 10.9 Å². The van der Waals surface area contributed by atoms with Crippen molar-refractivity contribution in [1.82, 2.24) is 5.32 Å². The number of carbonyl (C=O) groups excluding carboxylic acids is 1. The van der Waals surface area contributed by atoms with E-state index in [-0.39, 0.29) is 18.0 Å². The number of aryl methyl sites for hydroxylation is 1. The Kier molecular flexibility index (Phi) is 7.20. The molecule has 0 unspecified atom stereocenters. The predicted octanol–water partition coefficient (Wildman–Crippen LogP) is 4.42. The average Bonchev–Trinajstić information content (AvgIpc) is 2.76. The van der Waals surface area contributed by atoms with E-state index < -0.39 is 17.9 Å². The van der Waals surface area contributed by atoms with Crippen molar-refractivity contribution in [2.75, 3.05) is 6.61 Å². The first kappa shape index (κ1) is 23.3. The largest absolute Gasteiger partial charge is 0.484 e. The lowest BCUT2D eigenvalue weighted by Gasteiger charge is -2.20. The van der Waals surface area contributed by atoms with Crippen LogP contribution < -0.4 is 15.5 Å². The van der Waals surface area contributed by atoms with Crippen LogP contribution in [-0.2, 0) is 9.59 Å². The van der Waals surface area contributed by atoms with Crippen molar-refractivity contribution in [3.05, 3.63) is 63.5 Å². The van der Waals surface area contributed by atoms with Crippen molar-refractivity contribution in [1.29, 1.82) is 0 Å². The molecule has 3 rings (SSSR count). The number of carboxylic acid groups (broad SMARTS) is 1. The Morgan fingerprint density at radius 3 is 2.50 bits per heavy atom. The van der Waals surface area contributed by atoms with E-state index in [2.05, 4.69) is 5.32 Å². The molecule has 168 valence electrons. The van der Waals surface area contributed by atoms with Crippen LogP contribution in [0.1, 0.15) is 26.0 Å². The summed E-state index contributed by atoms with van der Waals surface area (Å²) >= 11 is 5.94.